The molecule has 0 radical (unpaired) electrons. The fourth-order valence-corrected chi connectivity index (χ4v) is 2.17. The topological polar surface area (TPSA) is 78.2 Å². The molecule has 92 valence electrons. The van der Waals surface area contributed by atoms with Gasteiger partial charge in [-0.05, 0) is 22.9 Å². The van der Waals surface area contributed by atoms with Crippen LogP contribution in [-0.4, -0.2) is 30.7 Å². The van der Waals surface area contributed by atoms with Gasteiger partial charge in [0.05, 0.1) is 5.56 Å². The summed E-state index contributed by atoms with van der Waals surface area (Å²) in [4.78, 5) is 15.1. The van der Waals surface area contributed by atoms with Gasteiger partial charge in [0.1, 0.15) is 17.1 Å². The van der Waals surface area contributed by atoms with Crippen LogP contribution in [0.25, 0.3) is 17.2 Å². The highest BCUT2D eigenvalue weighted by atomic mass is 79.9. The first kappa shape index (κ1) is 11.1. The van der Waals surface area contributed by atoms with Crippen LogP contribution < -0.4 is 0 Å². The Morgan fingerprint density at radius 1 is 1.44 bits per heavy atom. The van der Waals surface area contributed by atoms with E-state index in [9.17, 15) is 4.79 Å². The highest BCUT2D eigenvalue weighted by Crippen LogP contribution is 2.27. The Balaban J connectivity index is 2.35. The zero-order valence-electron chi connectivity index (χ0n) is 9.59. The largest absolute Gasteiger partial charge is 0.427 e. The molecule has 0 bridgehead atoms. The molecule has 0 N–H and O–H groups in total. The maximum Gasteiger partial charge on any atom is 0.326 e. The number of hydrogen-bond donors (Lipinski definition) is 0. The molecular formula is C10H8BrN5O2. The van der Waals surface area contributed by atoms with Crippen LogP contribution in [0.1, 0.15) is 16.1 Å². The summed E-state index contributed by atoms with van der Waals surface area (Å²) in [6.45, 7) is 1.78. The van der Waals surface area contributed by atoms with E-state index >= 15 is 0 Å². The number of oxazole rings is 1. The van der Waals surface area contributed by atoms with Gasteiger partial charge in [-0.1, -0.05) is 0 Å². The van der Waals surface area contributed by atoms with Crippen molar-refractivity contribution >= 4 is 28.1 Å². The SMILES string of the molecule is Cc1oc2nc(Br)nn2c1-c1nn(C)cc1C=O. The average Bonchev–Trinajstić information content (AvgIpc) is 2.90. The van der Waals surface area contributed by atoms with Crippen molar-refractivity contribution in [3.8, 4) is 11.4 Å². The summed E-state index contributed by atoms with van der Waals surface area (Å²) in [5.74, 6) is 0.969. The van der Waals surface area contributed by atoms with Gasteiger partial charge in [0.2, 0.25) is 4.73 Å². The first-order valence-corrected chi connectivity index (χ1v) is 5.90. The summed E-state index contributed by atoms with van der Waals surface area (Å²) >= 11 is 3.18. The smallest absolute Gasteiger partial charge is 0.326 e. The number of carbonyl (C=O) groups excluding carboxylic acids is 1. The molecule has 0 aliphatic rings. The molecule has 3 heterocycles. The molecule has 0 saturated carbocycles. The Labute approximate surface area is 110 Å². The van der Waals surface area contributed by atoms with Crippen LogP contribution in [0.3, 0.4) is 0 Å². The third-order valence-electron chi connectivity index (χ3n) is 2.55. The van der Waals surface area contributed by atoms with Gasteiger partial charge < -0.3 is 4.42 Å². The lowest BCUT2D eigenvalue weighted by atomic mass is 10.2. The Hall–Kier alpha value is -1.96. The van der Waals surface area contributed by atoms with Crippen molar-refractivity contribution in [1.82, 2.24) is 24.4 Å². The zero-order valence-corrected chi connectivity index (χ0v) is 11.2. The fourth-order valence-electron chi connectivity index (χ4n) is 1.86. The predicted molar refractivity (Wildman–Crippen MR) is 65.3 cm³/mol. The molecule has 3 aromatic rings. The number of aldehydes is 1. The molecule has 3 rings (SSSR count). The number of carbonyl (C=O) groups is 1. The quantitative estimate of drug-likeness (QED) is 0.672. The molecule has 0 fully saturated rings. The van der Waals surface area contributed by atoms with Crippen LogP contribution >= 0.6 is 15.9 Å². The van der Waals surface area contributed by atoms with Crippen molar-refractivity contribution in [3.05, 3.63) is 22.3 Å². The van der Waals surface area contributed by atoms with Crippen LogP contribution in [0.15, 0.2) is 15.3 Å². The zero-order chi connectivity index (χ0) is 12.9. The number of nitrogens with zero attached hydrogens (tertiary/aromatic N) is 5. The number of aryl methyl sites for hydroxylation is 2. The van der Waals surface area contributed by atoms with Gasteiger partial charge in [-0.3, -0.25) is 9.48 Å². The minimum Gasteiger partial charge on any atom is -0.427 e. The van der Waals surface area contributed by atoms with E-state index in [4.69, 9.17) is 4.42 Å². The number of aromatic nitrogens is 5. The van der Waals surface area contributed by atoms with Gasteiger partial charge in [-0.25, -0.2) is 0 Å². The average molecular weight is 310 g/mol. The van der Waals surface area contributed by atoms with Gasteiger partial charge in [0.15, 0.2) is 6.29 Å². The van der Waals surface area contributed by atoms with E-state index in [1.54, 1.807) is 24.9 Å². The van der Waals surface area contributed by atoms with E-state index in [2.05, 4.69) is 31.1 Å². The maximum atomic E-state index is 11.0. The van der Waals surface area contributed by atoms with Crippen molar-refractivity contribution in [1.29, 1.82) is 0 Å². The normalized spacial score (nSPS) is 11.3. The van der Waals surface area contributed by atoms with Crippen molar-refractivity contribution in [2.45, 2.75) is 6.92 Å². The predicted octanol–water partition coefficient (Wildman–Crippen LogP) is 1.61. The van der Waals surface area contributed by atoms with E-state index in [1.807, 2.05) is 0 Å². The third-order valence-corrected chi connectivity index (χ3v) is 2.89. The van der Waals surface area contributed by atoms with Gasteiger partial charge in [0, 0.05) is 13.2 Å². The van der Waals surface area contributed by atoms with E-state index in [-0.39, 0.29) is 0 Å². The van der Waals surface area contributed by atoms with E-state index < -0.39 is 0 Å². The Bertz CT molecular complexity index is 754. The molecular weight excluding hydrogens is 302 g/mol. The summed E-state index contributed by atoms with van der Waals surface area (Å²) in [5, 5.41) is 8.42. The van der Waals surface area contributed by atoms with Gasteiger partial charge >= 0.3 is 5.84 Å². The first-order valence-electron chi connectivity index (χ1n) is 5.11. The molecule has 7 nitrogen and oxygen atoms in total. The maximum absolute atomic E-state index is 11.0. The van der Waals surface area contributed by atoms with Crippen molar-refractivity contribution in [2.24, 2.45) is 7.05 Å². The van der Waals surface area contributed by atoms with E-state index in [0.717, 1.165) is 6.29 Å². The summed E-state index contributed by atoms with van der Waals surface area (Å²) in [5.41, 5.74) is 1.64. The number of rotatable bonds is 2. The fraction of sp³-hybridized carbons (Fsp3) is 0.200. The molecule has 0 spiro atoms. The second-order valence-electron chi connectivity index (χ2n) is 3.81. The molecule has 18 heavy (non-hydrogen) atoms. The molecule has 0 saturated heterocycles. The van der Waals surface area contributed by atoms with Crippen molar-refractivity contribution in [2.75, 3.05) is 0 Å². The molecule has 0 amide bonds. The summed E-state index contributed by atoms with van der Waals surface area (Å²) in [6, 6.07) is 0. The van der Waals surface area contributed by atoms with Crippen LogP contribution in [0.4, 0.5) is 0 Å². The third kappa shape index (κ3) is 1.49. The molecule has 0 atom stereocenters. The minimum absolute atomic E-state index is 0.358. The lowest BCUT2D eigenvalue weighted by molar-refractivity contribution is 0.112. The molecule has 8 heteroatoms. The van der Waals surface area contributed by atoms with Crippen LogP contribution in [-0.2, 0) is 7.05 Å². The van der Waals surface area contributed by atoms with Crippen LogP contribution in [0.5, 0.6) is 0 Å². The summed E-state index contributed by atoms with van der Waals surface area (Å²) in [6.07, 6.45) is 2.40. The number of fused-ring (bicyclic) bond motifs is 1. The first-order chi connectivity index (χ1) is 8.60. The Kier molecular flexibility index (Phi) is 2.34. The molecule has 0 unspecified atom stereocenters. The number of hydrogen-bond acceptors (Lipinski definition) is 5. The molecule has 0 aliphatic heterocycles. The number of halogens is 1. The van der Waals surface area contributed by atoms with Gasteiger partial charge in [-0.15, -0.1) is 5.10 Å². The highest BCUT2D eigenvalue weighted by molar-refractivity contribution is 9.10. The van der Waals surface area contributed by atoms with Crippen molar-refractivity contribution in [3.63, 3.8) is 0 Å². The van der Waals surface area contributed by atoms with Gasteiger partial charge in [-0.2, -0.15) is 14.6 Å². The monoisotopic (exact) mass is 309 g/mol. The lowest BCUT2D eigenvalue weighted by Crippen LogP contribution is -1.94. The summed E-state index contributed by atoms with van der Waals surface area (Å²) in [7, 11) is 1.75. The Morgan fingerprint density at radius 2 is 2.22 bits per heavy atom. The lowest BCUT2D eigenvalue weighted by Gasteiger charge is -1.95. The minimum atomic E-state index is 0.358. The summed E-state index contributed by atoms with van der Waals surface area (Å²) < 4.78 is 8.99. The van der Waals surface area contributed by atoms with Crippen LogP contribution in [0.2, 0.25) is 0 Å². The van der Waals surface area contributed by atoms with Crippen LogP contribution in [0, 0.1) is 6.92 Å². The molecule has 0 aromatic carbocycles. The molecule has 3 aromatic heterocycles. The van der Waals surface area contributed by atoms with Gasteiger partial charge in [0.25, 0.3) is 0 Å². The second kappa shape index (κ2) is 3.77. The van der Waals surface area contributed by atoms with Crippen molar-refractivity contribution < 1.29 is 9.21 Å². The van der Waals surface area contributed by atoms with E-state index in [0.29, 0.717) is 33.3 Å². The van der Waals surface area contributed by atoms with E-state index in [1.165, 1.54) is 4.52 Å². The standard InChI is InChI=1S/C10H8BrN5O2/c1-5-8(7-6(4-17)3-15(2)13-7)16-10(18-5)12-9(11)14-16/h3-4H,1-2H3. The molecule has 0 aliphatic carbocycles. The second-order valence-corrected chi connectivity index (χ2v) is 4.52. The Morgan fingerprint density at radius 3 is 2.94 bits per heavy atom. The highest BCUT2D eigenvalue weighted by Gasteiger charge is 2.21.